The monoisotopic (exact) mass is 283 g/mol. The molecule has 0 fully saturated rings. The predicted molar refractivity (Wildman–Crippen MR) is 67.2 cm³/mol. The summed E-state index contributed by atoms with van der Waals surface area (Å²) in [5.74, 6) is -0.496. The third kappa shape index (κ3) is 3.51. The summed E-state index contributed by atoms with van der Waals surface area (Å²) >= 11 is 5.71. The first kappa shape index (κ1) is 13.5. The van der Waals surface area contributed by atoms with Crippen molar-refractivity contribution in [2.24, 2.45) is 0 Å². The molecule has 0 saturated carbocycles. The van der Waals surface area contributed by atoms with Gasteiger partial charge in [-0.15, -0.1) is 4.98 Å². The average Bonchev–Trinajstić information content (AvgIpc) is 2.33. The van der Waals surface area contributed by atoms with E-state index in [1.54, 1.807) is 13.0 Å². The molecule has 1 aromatic carbocycles. The molecule has 7 heteroatoms. The average molecular weight is 284 g/mol. The fourth-order valence-corrected chi connectivity index (χ4v) is 1.49. The predicted octanol–water partition coefficient (Wildman–Crippen LogP) is 3.16. The van der Waals surface area contributed by atoms with E-state index in [1.165, 1.54) is 12.1 Å². The zero-order valence-corrected chi connectivity index (χ0v) is 11.1. The Kier molecular flexibility index (Phi) is 4.11. The second kappa shape index (κ2) is 5.79. The lowest BCUT2D eigenvalue weighted by molar-refractivity contribution is 0.301. The first-order valence-electron chi connectivity index (χ1n) is 5.57. The van der Waals surface area contributed by atoms with Crippen LogP contribution in [0.15, 0.2) is 18.2 Å². The van der Waals surface area contributed by atoms with Crippen molar-refractivity contribution in [3.63, 3.8) is 0 Å². The van der Waals surface area contributed by atoms with E-state index in [0.29, 0.717) is 6.61 Å². The molecule has 0 saturated heterocycles. The van der Waals surface area contributed by atoms with E-state index in [4.69, 9.17) is 21.1 Å². The number of aryl methyl sites for hydroxylation is 1. The second-order valence-corrected chi connectivity index (χ2v) is 3.98. The van der Waals surface area contributed by atoms with Crippen molar-refractivity contribution >= 4 is 11.6 Å². The number of halogens is 2. The van der Waals surface area contributed by atoms with Crippen LogP contribution in [0, 0.1) is 12.7 Å². The Morgan fingerprint density at radius 2 is 1.95 bits per heavy atom. The van der Waals surface area contributed by atoms with Crippen LogP contribution in [0.3, 0.4) is 0 Å². The molecular formula is C12H11ClFN3O2. The van der Waals surface area contributed by atoms with E-state index >= 15 is 0 Å². The summed E-state index contributed by atoms with van der Waals surface area (Å²) in [6.07, 6.45) is 0. The highest BCUT2D eigenvalue weighted by Crippen LogP contribution is 2.24. The molecule has 1 heterocycles. The van der Waals surface area contributed by atoms with Crippen molar-refractivity contribution in [2.45, 2.75) is 13.8 Å². The van der Waals surface area contributed by atoms with Gasteiger partial charge in [0, 0.05) is 0 Å². The highest BCUT2D eigenvalue weighted by molar-refractivity contribution is 6.28. The standard InChI is InChI=1S/C12H11ClFN3O2/c1-3-18-11-15-10(13)16-12(17-11)19-9-6-7(2)4-5-8(9)14/h4-6H,3H2,1-2H3. The number of aromatic nitrogens is 3. The summed E-state index contributed by atoms with van der Waals surface area (Å²) in [5, 5.41) is -0.0819. The zero-order chi connectivity index (χ0) is 13.8. The fraction of sp³-hybridized carbons (Fsp3) is 0.250. The molecule has 2 rings (SSSR count). The topological polar surface area (TPSA) is 57.1 Å². The zero-order valence-electron chi connectivity index (χ0n) is 10.4. The molecule has 2 aromatic rings. The van der Waals surface area contributed by atoms with Crippen LogP contribution >= 0.6 is 11.6 Å². The largest absolute Gasteiger partial charge is 0.464 e. The molecule has 0 spiro atoms. The van der Waals surface area contributed by atoms with E-state index in [9.17, 15) is 4.39 Å². The third-order valence-electron chi connectivity index (χ3n) is 2.13. The lowest BCUT2D eigenvalue weighted by Gasteiger charge is -2.07. The van der Waals surface area contributed by atoms with Crippen molar-refractivity contribution in [3.8, 4) is 17.8 Å². The molecular weight excluding hydrogens is 273 g/mol. The molecule has 0 aliphatic rings. The van der Waals surface area contributed by atoms with Gasteiger partial charge in [-0.25, -0.2) is 4.39 Å². The van der Waals surface area contributed by atoms with Gasteiger partial charge >= 0.3 is 12.0 Å². The summed E-state index contributed by atoms with van der Waals surface area (Å²) in [4.78, 5) is 11.4. The van der Waals surface area contributed by atoms with Gasteiger partial charge in [-0.3, -0.25) is 0 Å². The van der Waals surface area contributed by atoms with Crippen LogP contribution in [0.1, 0.15) is 12.5 Å². The number of hydrogen-bond donors (Lipinski definition) is 0. The molecule has 0 amide bonds. The number of benzene rings is 1. The van der Waals surface area contributed by atoms with Gasteiger partial charge < -0.3 is 9.47 Å². The van der Waals surface area contributed by atoms with Crippen LogP contribution in [-0.2, 0) is 0 Å². The molecule has 0 aliphatic carbocycles. The van der Waals surface area contributed by atoms with Crippen LogP contribution in [-0.4, -0.2) is 21.6 Å². The Hall–Kier alpha value is -1.95. The molecule has 0 radical (unpaired) electrons. The van der Waals surface area contributed by atoms with Gasteiger partial charge in [-0.1, -0.05) is 6.07 Å². The van der Waals surface area contributed by atoms with Gasteiger partial charge in [-0.05, 0) is 43.1 Å². The van der Waals surface area contributed by atoms with E-state index in [1.807, 2.05) is 6.92 Å². The molecule has 19 heavy (non-hydrogen) atoms. The minimum absolute atomic E-state index is 0.0183. The van der Waals surface area contributed by atoms with Gasteiger partial charge in [0.1, 0.15) is 0 Å². The Bertz CT molecular complexity index is 595. The maximum absolute atomic E-state index is 13.5. The minimum Gasteiger partial charge on any atom is -0.464 e. The number of nitrogens with zero attached hydrogens (tertiary/aromatic N) is 3. The van der Waals surface area contributed by atoms with Crippen LogP contribution in [0.4, 0.5) is 4.39 Å². The van der Waals surface area contributed by atoms with E-state index in [-0.39, 0.29) is 23.1 Å². The minimum atomic E-state index is -0.514. The van der Waals surface area contributed by atoms with Crippen molar-refractivity contribution in [1.29, 1.82) is 0 Å². The quantitative estimate of drug-likeness (QED) is 0.862. The summed E-state index contributed by atoms with van der Waals surface area (Å²) < 4.78 is 23.9. The van der Waals surface area contributed by atoms with Crippen LogP contribution < -0.4 is 9.47 Å². The molecule has 0 atom stereocenters. The van der Waals surface area contributed by atoms with Crippen molar-refractivity contribution < 1.29 is 13.9 Å². The second-order valence-electron chi connectivity index (χ2n) is 3.64. The Morgan fingerprint density at radius 1 is 1.21 bits per heavy atom. The van der Waals surface area contributed by atoms with Crippen LogP contribution in [0.25, 0.3) is 0 Å². The number of ether oxygens (including phenoxy) is 2. The normalized spacial score (nSPS) is 10.3. The van der Waals surface area contributed by atoms with Crippen molar-refractivity contribution in [1.82, 2.24) is 15.0 Å². The SMILES string of the molecule is CCOc1nc(Cl)nc(Oc2cc(C)ccc2F)n1. The van der Waals surface area contributed by atoms with Gasteiger partial charge in [0.25, 0.3) is 0 Å². The van der Waals surface area contributed by atoms with Gasteiger partial charge in [0.2, 0.25) is 5.28 Å². The molecule has 100 valence electrons. The number of rotatable bonds is 4. The fourth-order valence-electron chi connectivity index (χ4n) is 1.34. The molecule has 1 aromatic heterocycles. The van der Waals surface area contributed by atoms with Crippen molar-refractivity contribution in [3.05, 3.63) is 34.9 Å². The molecule has 0 aliphatic heterocycles. The van der Waals surface area contributed by atoms with Crippen LogP contribution in [0.2, 0.25) is 5.28 Å². The molecule has 0 N–H and O–H groups in total. The van der Waals surface area contributed by atoms with Gasteiger partial charge in [-0.2, -0.15) is 9.97 Å². The molecule has 0 unspecified atom stereocenters. The van der Waals surface area contributed by atoms with E-state index in [2.05, 4.69) is 15.0 Å². The van der Waals surface area contributed by atoms with Gasteiger partial charge in [0.15, 0.2) is 11.6 Å². The van der Waals surface area contributed by atoms with E-state index < -0.39 is 5.82 Å². The van der Waals surface area contributed by atoms with Crippen LogP contribution in [0.5, 0.6) is 17.8 Å². The first-order valence-corrected chi connectivity index (χ1v) is 5.94. The summed E-state index contributed by atoms with van der Waals surface area (Å²) in [6.45, 7) is 3.97. The maximum atomic E-state index is 13.5. The van der Waals surface area contributed by atoms with Gasteiger partial charge in [0.05, 0.1) is 6.61 Å². The third-order valence-corrected chi connectivity index (χ3v) is 2.30. The van der Waals surface area contributed by atoms with E-state index in [0.717, 1.165) is 5.56 Å². The maximum Gasteiger partial charge on any atom is 0.329 e. The smallest absolute Gasteiger partial charge is 0.329 e. The lowest BCUT2D eigenvalue weighted by atomic mass is 10.2. The first-order chi connectivity index (χ1) is 9.08. The Balaban J connectivity index is 2.29. The summed E-state index contributed by atoms with van der Waals surface area (Å²) in [7, 11) is 0. The highest BCUT2D eigenvalue weighted by atomic mass is 35.5. The summed E-state index contributed by atoms with van der Waals surface area (Å²) in [6, 6.07) is 4.39. The highest BCUT2D eigenvalue weighted by Gasteiger charge is 2.11. The van der Waals surface area contributed by atoms with Crippen molar-refractivity contribution in [2.75, 3.05) is 6.61 Å². The molecule has 0 bridgehead atoms. The molecule has 5 nitrogen and oxygen atoms in total. The Labute approximate surface area is 114 Å². The number of hydrogen-bond acceptors (Lipinski definition) is 5. The lowest BCUT2D eigenvalue weighted by Crippen LogP contribution is -2.02. The summed E-state index contributed by atoms with van der Waals surface area (Å²) in [5.41, 5.74) is 0.849. The Morgan fingerprint density at radius 3 is 2.68 bits per heavy atom.